The van der Waals surface area contributed by atoms with Gasteiger partial charge in [-0.25, -0.2) is 4.98 Å². The maximum absolute atomic E-state index is 10.5. The summed E-state index contributed by atoms with van der Waals surface area (Å²) in [6.45, 7) is 9.11. The van der Waals surface area contributed by atoms with E-state index in [1.54, 1.807) is 0 Å². The minimum absolute atomic E-state index is 0.225. The lowest BCUT2D eigenvalue weighted by Crippen LogP contribution is -2.22. The van der Waals surface area contributed by atoms with Gasteiger partial charge in [0.2, 0.25) is 0 Å². The van der Waals surface area contributed by atoms with Crippen LogP contribution in [-0.2, 0) is 0 Å². The lowest BCUT2D eigenvalue weighted by atomic mass is 9.81. The Morgan fingerprint density at radius 2 is 1.42 bits per heavy atom. The molecule has 1 saturated carbocycles. The van der Waals surface area contributed by atoms with E-state index in [2.05, 4.69) is 105 Å². The molecule has 0 bridgehead atoms. The van der Waals surface area contributed by atoms with Gasteiger partial charge in [0, 0.05) is 23.9 Å². The Kier molecular flexibility index (Phi) is 7.11. The number of nitrogens with zero attached hydrogens (tertiary/aromatic N) is 2. The van der Waals surface area contributed by atoms with E-state index in [0.717, 1.165) is 30.7 Å². The molecule has 4 aromatic rings. The van der Waals surface area contributed by atoms with Crippen LogP contribution in [0.25, 0.3) is 28.2 Å². The zero-order chi connectivity index (χ0) is 25.2. The predicted molar refractivity (Wildman–Crippen MR) is 150 cm³/mol. The smallest absolute Gasteiger partial charge is 0.144 e. The Morgan fingerprint density at radius 3 is 2.03 bits per heavy atom. The van der Waals surface area contributed by atoms with Crippen molar-refractivity contribution in [2.24, 2.45) is 0 Å². The van der Waals surface area contributed by atoms with Gasteiger partial charge in [-0.2, -0.15) is 0 Å². The highest BCUT2D eigenvalue weighted by Crippen LogP contribution is 2.38. The Bertz CT molecular complexity index is 1270. The van der Waals surface area contributed by atoms with Crippen molar-refractivity contribution in [2.45, 2.75) is 77.2 Å². The molecule has 1 aromatic heterocycles. The van der Waals surface area contributed by atoms with Gasteiger partial charge in [-0.15, -0.1) is 0 Å². The van der Waals surface area contributed by atoms with Crippen LogP contribution in [-0.4, -0.2) is 20.8 Å². The third kappa shape index (κ3) is 4.77. The summed E-state index contributed by atoms with van der Waals surface area (Å²) in [6, 6.07) is 24.1. The quantitative estimate of drug-likeness (QED) is 0.302. The van der Waals surface area contributed by atoms with Gasteiger partial charge in [-0.3, -0.25) is 4.57 Å². The molecule has 0 radical (unpaired) electrons. The fourth-order valence-electron chi connectivity index (χ4n) is 5.71. The lowest BCUT2D eigenvalue weighted by molar-refractivity contribution is 0.106. The summed E-state index contributed by atoms with van der Waals surface area (Å²) in [5.41, 5.74) is 8.78. The molecule has 1 aliphatic rings. The van der Waals surface area contributed by atoms with Crippen molar-refractivity contribution >= 4 is 0 Å². The maximum atomic E-state index is 10.5. The minimum Gasteiger partial charge on any atom is -0.392 e. The van der Waals surface area contributed by atoms with Gasteiger partial charge < -0.3 is 5.11 Å². The first-order chi connectivity index (χ1) is 17.4. The predicted octanol–water partition coefficient (Wildman–Crippen LogP) is 8.47. The van der Waals surface area contributed by atoms with Gasteiger partial charge in [0.1, 0.15) is 5.82 Å². The SMILES string of the molecule is CC(C)c1cc(-c2ccccc2)cc(C(C)C)c1-n1ccnc1-c1ccc([C@@H]2CCCC[C@H]2O)cc1. The monoisotopic (exact) mass is 478 g/mol. The zero-order valence-corrected chi connectivity index (χ0v) is 22.0. The van der Waals surface area contributed by atoms with Gasteiger partial charge >= 0.3 is 0 Å². The van der Waals surface area contributed by atoms with Crippen LogP contribution in [0.2, 0.25) is 0 Å². The number of imidazole rings is 1. The van der Waals surface area contributed by atoms with E-state index < -0.39 is 0 Å². The fraction of sp³-hybridized carbons (Fsp3) is 0.364. The number of aliphatic hydroxyl groups excluding tert-OH is 1. The molecule has 3 aromatic carbocycles. The Hall–Kier alpha value is -3.17. The Labute approximate surface area is 215 Å². The van der Waals surface area contributed by atoms with Crippen molar-refractivity contribution in [2.75, 3.05) is 0 Å². The second-order valence-electron chi connectivity index (χ2n) is 10.9. The highest BCUT2D eigenvalue weighted by Gasteiger charge is 2.25. The van der Waals surface area contributed by atoms with Crippen LogP contribution in [0.15, 0.2) is 79.1 Å². The zero-order valence-electron chi connectivity index (χ0n) is 22.0. The van der Waals surface area contributed by atoms with Crippen molar-refractivity contribution in [3.63, 3.8) is 0 Å². The van der Waals surface area contributed by atoms with Crippen LogP contribution in [0.1, 0.15) is 87.8 Å². The van der Waals surface area contributed by atoms with E-state index in [0.29, 0.717) is 11.8 Å². The van der Waals surface area contributed by atoms with Gasteiger partial charge in [0.05, 0.1) is 11.8 Å². The summed E-state index contributed by atoms with van der Waals surface area (Å²) in [7, 11) is 0. The van der Waals surface area contributed by atoms with Crippen LogP contribution < -0.4 is 0 Å². The van der Waals surface area contributed by atoms with E-state index in [9.17, 15) is 5.11 Å². The number of benzene rings is 3. The average Bonchev–Trinajstić information content (AvgIpc) is 3.38. The third-order valence-corrected chi connectivity index (χ3v) is 7.73. The van der Waals surface area contributed by atoms with Gasteiger partial charge in [-0.1, -0.05) is 95.1 Å². The van der Waals surface area contributed by atoms with Crippen LogP contribution in [0.5, 0.6) is 0 Å². The first kappa shape index (κ1) is 24.5. The van der Waals surface area contributed by atoms with Crippen LogP contribution >= 0.6 is 0 Å². The topological polar surface area (TPSA) is 38.0 Å². The number of hydrogen-bond donors (Lipinski definition) is 1. The summed E-state index contributed by atoms with van der Waals surface area (Å²) in [4.78, 5) is 4.82. The van der Waals surface area contributed by atoms with E-state index in [1.807, 2.05) is 6.20 Å². The van der Waals surface area contributed by atoms with Crippen LogP contribution in [0, 0.1) is 0 Å². The molecule has 3 heteroatoms. The second-order valence-corrected chi connectivity index (χ2v) is 10.9. The molecule has 0 unspecified atom stereocenters. The Balaban J connectivity index is 1.59. The van der Waals surface area contributed by atoms with Crippen molar-refractivity contribution in [3.05, 3.63) is 95.8 Å². The highest BCUT2D eigenvalue weighted by atomic mass is 16.3. The standard InChI is InChI=1S/C33H38N2O/c1-22(2)29-20-27(24-10-6-5-7-11-24)21-30(23(3)4)32(29)35-19-18-34-33(35)26-16-14-25(15-17-26)28-12-8-9-13-31(28)36/h5-7,10-11,14-23,28,31,36H,8-9,12-13H2,1-4H3/t28-,31+/m0/s1. The Morgan fingerprint density at radius 1 is 0.778 bits per heavy atom. The van der Waals surface area contributed by atoms with Gasteiger partial charge in [0.25, 0.3) is 0 Å². The van der Waals surface area contributed by atoms with Crippen molar-refractivity contribution in [1.82, 2.24) is 9.55 Å². The molecule has 2 atom stereocenters. The third-order valence-electron chi connectivity index (χ3n) is 7.73. The molecule has 5 rings (SSSR count). The maximum Gasteiger partial charge on any atom is 0.144 e. The van der Waals surface area contributed by atoms with Crippen LogP contribution in [0.4, 0.5) is 0 Å². The summed E-state index contributed by atoms with van der Waals surface area (Å²) >= 11 is 0. The number of rotatable bonds is 6. The highest BCUT2D eigenvalue weighted by molar-refractivity contribution is 5.71. The first-order valence-corrected chi connectivity index (χ1v) is 13.5. The minimum atomic E-state index is -0.225. The van der Waals surface area contributed by atoms with Crippen LogP contribution in [0.3, 0.4) is 0 Å². The van der Waals surface area contributed by atoms with Crippen molar-refractivity contribution < 1.29 is 5.11 Å². The molecule has 0 amide bonds. The van der Waals surface area contributed by atoms with Crippen molar-refractivity contribution in [3.8, 4) is 28.2 Å². The lowest BCUT2D eigenvalue weighted by Gasteiger charge is -2.28. The van der Waals surface area contributed by atoms with E-state index in [1.165, 1.54) is 39.9 Å². The largest absolute Gasteiger partial charge is 0.392 e. The summed E-state index contributed by atoms with van der Waals surface area (Å²) in [5.74, 6) is 1.94. The normalized spacial score (nSPS) is 18.2. The molecule has 3 nitrogen and oxygen atoms in total. The molecule has 1 fully saturated rings. The summed E-state index contributed by atoms with van der Waals surface area (Å²) in [6.07, 6.45) is 8.09. The summed E-state index contributed by atoms with van der Waals surface area (Å²) < 4.78 is 2.28. The molecule has 186 valence electrons. The number of hydrogen-bond acceptors (Lipinski definition) is 2. The average molecular weight is 479 g/mol. The number of aliphatic hydroxyl groups is 1. The van der Waals surface area contributed by atoms with E-state index in [4.69, 9.17) is 4.98 Å². The molecule has 1 N–H and O–H groups in total. The molecule has 1 aliphatic carbocycles. The van der Waals surface area contributed by atoms with Gasteiger partial charge in [0.15, 0.2) is 0 Å². The van der Waals surface area contributed by atoms with E-state index >= 15 is 0 Å². The molecule has 1 heterocycles. The molecule has 0 spiro atoms. The van der Waals surface area contributed by atoms with Crippen molar-refractivity contribution in [1.29, 1.82) is 0 Å². The molecule has 36 heavy (non-hydrogen) atoms. The molecule has 0 saturated heterocycles. The second kappa shape index (κ2) is 10.4. The summed E-state index contributed by atoms with van der Waals surface area (Å²) in [5, 5.41) is 10.5. The molecular weight excluding hydrogens is 440 g/mol. The molecule has 0 aliphatic heterocycles. The fourth-order valence-corrected chi connectivity index (χ4v) is 5.71. The number of aromatic nitrogens is 2. The molecular formula is C33H38N2O. The van der Waals surface area contributed by atoms with Gasteiger partial charge in [-0.05, 0) is 64.6 Å². The van der Waals surface area contributed by atoms with E-state index in [-0.39, 0.29) is 12.0 Å². The first-order valence-electron chi connectivity index (χ1n) is 13.5.